The summed E-state index contributed by atoms with van der Waals surface area (Å²) in [5, 5.41) is 22.6. The lowest BCUT2D eigenvalue weighted by Crippen LogP contribution is -2.55. The van der Waals surface area contributed by atoms with Crippen molar-refractivity contribution in [1.29, 1.82) is 0 Å². The van der Waals surface area contributed by atoms with E-state index >= 15 is 0 Å². The Morgan fingerprint density at radius 3 is 2.87 bits per heavy atom. The van der Waals surface area contributed by atoms with E-state index in [0.717, 1.165) is 12.8 Å². The molecule has 5 heteroatoms. The van der Waals surface area contributed by atoms with Gasteiger partial charge in [-0.15, -0.1) is 0 Å². The Labute approximate surface area is 135 Å². The van der Waals surface area contributed by atoms with Crippen molar-refractivity contribution in [3.05, 3.63) is 34.8 Å². The molecule has 0 saturated carbocycles. The minimum atomic E-state index is -1.46. The van der Waals surface area contributed by atoms with Crippen molar-refractivity contribution in [2.45, 2.75) is 52.1 Å². The number of ketones is 1. The maximum absolute atomic E-state index is 12.8. The molecule has 0 spiro atoms. The van der Waals surface area contributed by atoms with Crippen LogP contribution in [0, 0.1) is 18.3 Å². The number of hydrogen-bond donors (Lipinski definition) is 1. The maximum atomic E-state index is 12.8. The summed E-state index contributed by atoms with van der Waals surface area (Å²) in [6, 6.07) is 0. The molecule has 0 bridgehead atoms. The van der Waals surface area contributed by atoms with E-state index in [1.54, 1.807) is 6.92 Å². The second-order valence-electron chi connectivity index (χ2n) is 6.98. The highest BCUT2D eigenvalue weighted by molar-refractivity contribution is 6.11. The van der Waals surface area contributed by atoms with E-state index in [9.17, 15) is 19.8 Å². The molecule has 0 unspecified atom stereocenters. The summed E-state index contributed by atoms with van der Waals surface area (Å²) in [6.45, 7) is 5.64. The molecule has 23 heavy (non-hydrogen) atoms. The highest BCUT2D eigenvalue weighted by Gasteiger charge is 2.61. The topological polar surface area (TPSA) is 90.6 Å². The van der Waals surface area contributed by atoms with Gasteiger partial charge >= 0.3 is 0 Å². The normalized spacial score (nSPS) is 33.0. The molecule has 0 radical (unpaired) electrons. The maximum Gasteiger partial charge on any atom is 0.224 e. The summed E-state index contributed by atoms with van der Waals surface area (Å²) in [6.07, 6.45) is 4.65. The van der Waals surface area contributed by atoms with Gasteiger partial charge in [-0.1, -0.05) is 19.9 Å². The van der Waals surface area contributed by atoms with Crippen molar-refractivity contribution in [3.8, 4) is 0 Å². The number of carbonyl (C=O) groups is 2. The zero-order chi connectivity index (χ0) is 17.0. The summed E-state index contributed by atoms with van der Waals surface area (Å²) in [4.78, 5) is 23.8. The monoisotopic (exact) mass is 317 g/mol. The van der Waals surface area contributed by atoms with Crippen LogP contribution in [0.2, 0.25) is 0 Å². The van der Waals surface area contributed by atoms with Crippen molar-refractivity contribution in [2.24, 2.45) is 11.3 Å². The quantitative estimate of drug-likeness (QED) is 0.919. The molecule has 0 aliphatic heterocycles. The summed E-state index contributed by atoms with van der Waals surface area (Å²) in [7, 11) is 0. The second-order valence-corrected chi connectivity index (χ2v) is 6.98. The van der Waals surface area contributed by atoms with Crippen LogP contribution >= 0.6 is 0 Å². The van der Waals surface area contributed by atoms with Crippen molar-refractivity contribution < 1.29 is 24.2 Å². The molecule has 2 aliphatic rings. The smallest absolute Gasteiger partial charge is 0.224 e. The van der Waals surface area contributed by atoms with Crippen LogP contribution in [0.5, 0.6) is 0 Å². The number of Topliss-reactive ketones (excluding diaryl/α,β-unsaturated/α-hetero) is 1. The first kappa shape index (κ1) is 16.0. The molecule has 0 amide bonds. The van der Waals surface area contributed by atoms with Gasteiger partial charge in [-0.25, -0.2) is 0 Å². The average molecular weight is 317 g/mol. The van der Waals surface area contributed by atoms with Gasteiger partial charge in [0.2, 0.25) is 5.78 Å². The lowest BCUT2D eigenvalue weighted by molar-refractivity contribution is -0.307. The van der Waals surface area contributed by atoms with E-state index in [-0.39, 0.29) is 30.3 Å². The lowest BCUT2D eigenvalue weighted by Gasteiger charge is -2.54. The zero-order valence-corrected chi connectivity index (χ0v) is 13.6. The molecule has 0 fully saturated rings. The minimum Gasteiger partial charge on any atom is -0.550 e. The van der Waals surface area contributed by atoms with Crippen LogP contribution < -0.4 is 5.11 Å². The third-order valence-corrected chi connectivity index (χ3v) is 5.88. The Kier molecular flexibility index (Phi) is 3.52. The number of furan rings is 1. The molecule has 5 nitrogen and oxygen atoms in total. The molecular weight excluding hydrogens is 296 g/mol. The first-order chi connectivity index (χ1) is 10.7. The summed E-state index contributed by atoms with van der Waals surface area (Å²) < 4.78 is 5.42. The van der Waals surface area contributed by atoms with Gasteiger partial charge in [0, 0.05) is 22.5 Å². The molecular formula is C18H21O5-. The van der Waals surface area contributed by atoms with Gasteiger partial charge in [-0.3, -0.25) is 4.79 Å². The van der Waals surface area contributed by atoms with Crippen molar-refractivity contribution >= 4 is 11.8 Å². The lowest BCUT2D eigenvalue weighted by atomic mass is 9.51. The average Bonchev–Trinajstić information content (AvgIpc) is 2.88. The molecule has 3 rings (SSSR count). The van der Waals surface area contributed by atoms with E-state index < -0.39 is 17.0 Å². The third kappa shape index (κ3) is 1.96. The highest BCUT2D eigenvalue weighted by Crippen LogP contribution is 2.60. The van der Waals surface area contributed by atoms with Gasteiger partial charge in [-0.05, 0) is 44.1 Å². The second kappa shape index (κ2) is 5.06. The molecule has 1 aromatic heterocycles. The Hall–Kier alpha value is -1.88. The van der Waals surface area contributed by atoms with Crippen molar-refractivity contribution in [1.82, 2.24) is 0 Å². The van der Waals surface area contributed by atoms with E-state index in [4.69, 9.17) is 4.42 Å². The Balaban J connectivity index is 2.27. The predicted molar refractivity (Wildman–Crippen MR) is 80.5 cm³/mol. The number of carboxylic acids is 1. The summed E-state index contributed by atoms with van der Waals surface area (Å²) in [5.41, 5.74) is -0.637. The van der Waals surface area contributed by atoms with Crippen LogP contribution in [-0.2, 0) is 10.4 Å². The molecule has 124 valence electrons. The fourth-order valence-electron chi connectivity index (χ4n) is 4.38. The SMILES string of the molecule is Cc1coc2c1[C@](O)(CCC(=O)[O-])[C@@]1(C)C(=CCC[C@@H]1C)C2=O. The van der Waals surface area contributed by atoms with Gasteiger partial charge in [0.05, 0.1) is 6.26 Å². The van der Waals surface area contributed by atoms with Gasteiger partial charge in [0.15, 0.2) is 5.76 Å². The Bertz CT molecular complexity index is 713. The molecule has 1 N–H and O–H groups in total. The largest absolute Gasteiger partial charge is 0.550 e. The number of rotatable bonds is 3. The van der Waals surface area contributed by atoms with Crippen molar-refractivity contribution in [2.75, 3.05) is 0 Å². The number of carbonyl (C=O) groups excluding carboxylic acids is 2. The first-order valence-electron chi connectivity index (χ1n) is 7.99. The summed E-state index contributed by atoms with van der Waals surface area (Å²) >= 11 is 0. The Morgan fingerprint density at radius 2 is 2.22 bits per heavy atom. The zero-order valence-electron chi connectivity index (χ0n) is 13.6. The molecule has 1 heterocycles. The number of hydrogen-bond acceptors (Lipinski definition) is 5. The number of aryl methyl sites for hydroxylation is 1. The van der Waals surface area contributed by atoms with E-state index in [2.05, 4.69) is 0 Å². The standard InChI is InChI=1S/C18H22O5/c1-10-9-23-16-14(10)18(22,8-7-13(19)20)17(3)11(2)5-4-6-12(17)15(16)21/h6,9,11,22H,4-5,7-8H2,1-3H3,(H,19,20)/p-1/t11-,17+,18+/m0/s1. The van der Waals surface area contributed by atoms with Gasteiger partial charge in [0.1, 0.15) is 5.60 Å². The third-order valence-electron chi connectivity index (χ3n) is 5.88. The predicted octanol–water partition coefficient (Wildman–Crippen LogP) is 1.86. The van der Waals surface area contributed by atoms with Gasteiger partial charge < -0.3 is 19.4 Å². The first-order valence-corrected chi connectivity index (χ1v) is 7.99. The molecule has 1 aromatic rings. The molecule has 3 atom stereocenters. The number of aliphatic hydroxyl groups is 1. The number of fused-ring (bicyclic) bond motifs is 2. The van der Waals surface area contributed by atoms with E-state index in [0.29, 0.717) is 16.7 Å². The molecule has 0 aromatic carbocycles. The molecule has 2 aliphatic carbocycles. The van der Waals surface area contributed by atoms with Crippen LogP contribution in [0.15, 0.2) is 22.3 Å². The van der Waals surface area contributed by atoms with E-state index in [1.807, 2.05) is 19.9 Å². The van der Waals surface area contributed by atoms with E-state index in [1.165, 1.54) is 6.26 Å². The highest BCUT2D eigenvalue weighted by atomic mass is 16.4. The van der Waals surface area contributed by atoms with Crippen LogP contribution in [0.25, 0.3) is 0 Å². The number of allylic oxidation sites excluding steroid dienone is 1. The van der Waals surface area contributed by atoms with Crippen LogP contribution in [-0.4, -0.2) is 16.9 Å². The number of aliphatic carboxylic acids is 1. The fourth-order valence-corrected chi connectivity index (χ4v) is 4.38. The van der Waals surface area contributed by atoms with Gasteiger partial charge in [-0.2, -0.15) is 0 Å². The summed E-state index contributed by atoms with van der Waals surface area (Å²) in [5.74, 6) is -1.22. The minimum absolute atomic E-state index is 0.00579. The Morgan fingerprint density at radius 1 is 1.52 bits per heavy atom. The number of carboxylic acid groups (broad SMARTS) is 1. The van der Waals surface area contributed by atoms with Crippen LogP contribution in [0.1, 0.15) is 61.2 Å². The molecule has 0 saturated heterocycles. The van der Waals surface area contributed by atoms with Crippen molar-refractivity contribution in [3.63, 3.8) is 0 Å². The van der Waals surface area contributed by atoms with Crippen LogP contribution in [0.4, 0.5) is 0 Å². The fraction of sp³-hybridized carbons (Fsp3) is 0.556. The van der Waals surface area contributed by atoms with Gasteiger partial charge in [0.25, 0.3) is 0 Å². The van der Waals surface area contributed by atoms with Crippen LogP contribution in [0.3, 0.4) is 0 Å².